The largest absolute Gasteiger partial charge is 0.351 e. The van der Waals surface area contributed by atoms with E-state index in [0.29, 0.717) is 17.7 Å². The summed E-state index contributed by atoms with van der Waals surface area (Å²) in [6, 6.07) is 12.5. The van der Waals surface area contributed by atoms with Gasteiger partial charge in [-0.3, -0.25) is 14.7 Å². The van der Waals surface area contributed by atoms with Crippen LogP contribution >= 0.6 is 0 Å². The van der Waals surface area contributed by atoms with E-state index in [1.165, 1.54) is 10.9 Å². The summed E-state index contributed by atoms with van der Waals surface area (Å²) in [5.74, 6) is 0.490. The number of rotatable bonds is 5. The summed E-state index contributed by atoms with van der Waals surface area (Å²) in [5.41, 5.74) is 3.23. The van der Waals surface area contributed by atoms with Gasteiger partial charge in [0, 0.05) is 42.7 Å². The van der Waals surface area contributed by atoms with Gasteiger partial charge in [0.15, 0.2) is 0 Å². The van der Waals surface area contributed by atoms with E-state index in [-0.39, 0.29) is 5.91 Å². The molecular weight excluding hydrogens is 352 g/mol. The average Bonchev–Trinajstić information content (AvgIpc) is 3.40. The number of nitrogens with one attached hydrogen (secondary N) is 1. The van der Waals surface area contributed by atoms with Crippen LogP contribution in [-0.2, 0) is 6.54 Å². The summed E-state index contributed by atoms with van der Waals surface area (Å²) in [7, 11) is 0. The molecule has 0 spiro atoms. The van der Waals surface area contributed by atoms with Crippen LogP contribution in [0.15, 0.2) is 47.1 Å². The zero-order valence-electron chi connectivity index (χ0n) is 15.8. The number of hydrogen-bond acceptors (Lipinski definition) is 5. The van der Waals surface area contributed by atoms with Crippen LogP contribution in [0.5, 0.6) is 0 Å². The summed E-state index contributed by atoms with van der Waals surface area (Å²) in [5, 5.41) is 8.38. The fourth-order valence-electron chi connectivity index (χ4n) is 4.05. The Labute approximate surface area is 163 Å². The van der Waals surface area contributed by atoms with Gasteiger partial charge < -0.3 is 9.84 Å². The normalized spacial score (nSPS) is 20.4. The molecule has 6 heteroatoms. The maximum absolute atomic E-state index is 12.2. The lowest BCUT2D eigenvalue weighted by Gasteiger charge is -2.32. The zero-order valence-corrected chi connectivity index (χ0v) is 15.8. The molecule has 0 radical (unpaired) electrons. The van der Waals surface area contributed by atoms with Crippen LogP contribution in [-0.4, -0.2) is 40.1 Å². The highest BCUT2D eigenvalue weighted by Gasteiger charge is 2.28. The van der Waals surface area contributed by atoms with Crippen LogP contribution in [0.2, 0.25) is 0 Å². The summed E-state index contributed by atoms with van der Waals surface area (Å²) < 4.78 is 5.33. The molecule has 1 saturated carbocycles. The number of pyridine rings is 1. The zero-order chi connectivity index (χ0) is 18.9. The van der Waals surface area contributed by atoms with E-state index < -0.39 is 0 Å². The Balaban J connectivity index is 1.28. The molecule has 5 rings (SSSR count). The number of hydrogen-bond donors (Lipinski definition) is 1. The lowest BCUT2D eigenvalue weighted by Crippen LogP contribution is -2.34. The van der Waals surface area contributed by atoms with E-state index in [0.717, 1.165) is 56.5 Å². The third-order valence-corrected chi connectivity index (χ3v) is 5.72. The standard InChI is InChI=1S/C22H24N4O2/c27-22(24-17-7-8-17)21-12-20(25-28-21)16-4-3-11-26(14-16)13-15-9-10-23-19-6-2-1-5-18(15)19/h1-2,5-6,9-10,12,16-17H,3-4,7-8,11,13-14H2,(H,24,27)/t16-/m0/s1. The molecule has 1 N–H and O–H groups in total. The molecule has 6 nitrogen and oxygen atoms in total. The van der Waals surface area contributed by atoms with Gasteiger partial charge in [-0.2, -0.15) is 0 Å². The van der Waals surface area contributed by atoms with Gasteiger partial charge in [-0.05, 0) is 49.9 Å². The van der Waals surface area contributed by atoms with Crippen molar-refractivity contribution in [3.8, 4) is 0 Å². The second-order valence-corrected chi connectivity index (χ2v) is 7.93. The number of piperidine rings is 1. The Kier molecular flexibility index (Phi) is 4.56. The van der Waals surface area contributed by atoms with Crippen LogP contribution in [0.3, 0.4) is 0 Å². The fourth-order valence-corrected chi connectivity index (χ4v) is 4.05. The number of amides is 1. The van der Waals surface area contributed by atoms with Crippen LogP contribution in [0, 0.1) is 0 Å². The summed E-state index contributed by atoms with van der Waals surface area (Å²) in [4.78, 5) is 19.1. The Morgan fingerprint density at radius 2 is 2.11 bits per heavy atom. The smallest absolute Gasteiger partial charge is 0.290 e. The quantitative estimate of drug-likeness (QED) is 0.738. The van der Waals surface area contributed by atoms with E-state index in [2.05, 4.69) is 44.6 Å². The number of carbonyl (C=O) groups is 1. The van der Waals surface area contributed by atoms with E-state index in [1.54, 1.807) is 0 Å². The monoisotopic (exact) mass is 376 g/mol. The van der Waals surface area contributed by atoms with Crippen molar-refractivity contribution >= 4 is 16.8 Å². The molecule has 0 unspecified atom stereocenters. The lowest BCUT2D eigenvalue weighted by atomic mass is 9.94. The molecule has 144 valence electrons. The molecule has 2 aromatic heterocycles. The van der Waals surface area contributed by atoms with Gasteiger partial charge >= 0.3 is 0 Å². The van der Waals surface area contributed by atoms with Gasteiger partial charge in [-0.15, -0.1) is 0 Å². The molecule has 2 aliphatic rings. The van der Waals surface area contributed by atoms with E-state index >= 15 is 0 Å². The first-order valence-electron chi connectivity index (χ1n) is 10.1. The molecule has 0 bridgehead atoms. The highest BCUT2D eigenvalue weighted by Crippen LogP contribution is 2.29. The third kappa shape index (κ3) is 3.64. The number of carbonyl (C=O) groups excluding carboxylic acids is 1. The Morgan fingerprint density at radius 3 is 3.00 bits per heavy atom. The first kappa shape index (κ1) is 17.4. The molecule has 1 saturated heterocycles. The van der Waals surface area contributed by atoms with Gasteiger partial charge in [-0.25, -0.2) is 0 Å². The van der Waals surface area contributed by atoms with Crippen molar-refractivity contribution in [2.24, 2.45) is 0 Å². The van der Waals surface area contributed by atoms with Crippen molar-refractivity contribution in [3.63, 3.8) is 0 Å². The van der Waals surface area contributed by atoms with Crippen LogP contribution < -0.4 is 5.32 Å². The molecule has 1 aliphatic carbocycles. The maximum Gasteiger partial charge on any atom is 0.290 e. The molecule has 3 heterocycles. The van der Waals surface area contributed by atoms with Gasteiger partial charge in [0.05, 0.1) is 11.2 Å². The first-order chi connectivity index (χ1) is 13.8. The highest BCUT2D eigenvalue weighted by atomic mass is 16.5. The first-order valence-corrected chi connectivity index (χ1v) is 10.1. The molecule has 1 atom stereocenters. The summed E-state index contributed by atoms with van der Waals surface area (Å²) in [6.07, 6.45) is 6.21. The van der Waals surface area contributed by atoms with Gasteiger partial charge in [0.2, 0.25) is 5.76 Å². The Bertz CT molecular complexity index is 990. The number of aromatic nitrogens is 2. The van der Waals surface area contributed by atoms with E-state index in [9.17, 15) is 4.79 Å². The van der Waals surface area contributed by atoms with Gasteiger partial charge in [0.25, 0.3) is 5.91 Å². The van der Waals surface area contributed by atoms with Crippen LogP contribution in [0.25, 0.3) is 10.9 Å². The topological polar surface area (TPSA) is 71.3 Å². The number of nitrogens with zero attached hydrogens (tertiary/aromatic N) is 3. The van der Waals surface area contributed by atoms with Crippen LogP contribution in [0.4, 0.5) is 0 Å². The third-order valence-electron chi connectivity index (χ3n) is 5.72. The number of benzene rings is 1. The minimum Gasteiger partial charge on any atom is -0.351 e. The molecule has 28 heavy (non-hydrogen) atoms. The van der Waals surface area contributed by atoms with E-state index in [1.807, 2.05) is 18.3 Å². The predicted octanol–water partition coefficient (Wildman–Crippen LogP) is 3.49. The van der Waals surface area contributed by atoms with Crippen molar-refractivity contribution in [1.29, 1.82) is 0 Å². The second kappa shape index (κ2) is 7.36. The maximum atomic E-state index is 12.2. The lowest BCUT2D eigenvalue weighted by molar-refractivity contribution is 0.0914. The Morgan fingerprint density at radius 1 is 1.21 bits per heavy atom. The van der Waals surface area contributed by atoms with Gasteiger partial charge in [-0.1, -0.05) is 23.4 Å². The van der Waals surface area contributed by atoms with Crippen molar-refractivity contribution in [1.82, 2.24) is 20.4 Å². The predicted molar refractivity (Wildman–Crippen MR) is 106 cm³/mol. The molecule has 3 aromatic rings. The number of para-hydroxylation sites is 1. The molecular formula is C22H24N4O2. The van der Waals surface area contributed by atoms with Gasteiger partial charge in [0.1, 0.15) is 0 Å². The summed E-state index contributed by atoms with van der Waals surface area (Å²) >= 11 is 0. The average molecular weight is 376 g/mol. The van der Waals surface area contributed by atoms with E-state index in [4.69, 9.17) is 4.52 Å². The highest BCUT2D eigenvalue weighted by molar-refractivity contribution is 5.91. The van der Waals surface area contributed by atoms with Crippen molar-refractivity contribution < 1.29 is 9.32 Å². The minimum absolute atomic E-state index is 0.142. The Hall–Kier alpha value is -2.73. The van der Waals surface area contributed by atoms with Crippen molar-refractivity contribution in [3.05, 3.63) is 59.6 Å². The number of fused-ring (bicyclic) bond motifs is 1. The number of likely N-dealkylation sites (tertiary alicyclic amines) is 1. The molecule has 1 amide bonds. The molecule has 1 aliphatic heterocycles. The molecule has 1 aromatic carbocycles. The molecule has 2 fully saturated rings. The van der Waals surface area contributed by atoms with Crippen LogP contribution in [0.1, 0.15) is 53.4 Å². The van der Waals surface area contributed by atoms with Crippen molar-refractivity contribution in [2.75, 3.05) is 13.1 Å². The summed E-state index contributed by atoms with van der Waals surface area (Å²) in [6.45, 7) is 2.89. The SMILES string of the molecule is O=C(NC1CC1)c1cc([C@H]2CCCN(Cc3ccnc4ccccc34)C2)no1. The minimum atomic E-state index is -0.142. The second-order valence-electron chi connectivity index (χ2n) is 7.93. The fraction of sp³-hybridized carbons (Fsp3) is 0.409. The van der Waals surface area contributed by atoms with Crippen molar-refractivity contribution in [2.45, 2.75) is 44.2 Å².